The Bertz CT molecular complexity index is 575. The van der Waals surface area contributed by atoms with Crippen LogP contribution in [0.25, 0.3) is 5.65 Å². The largest absolute Gasteiger partial charge is 0.353 e. The van der Waals surface area contributed by atoms with Crippen molar-refractivity contribution < 1.29 is 0 Å². The molecule has 1 fully saturated rings. The van der Waals surface area contributed by atoms with E-state index in [2.05, 4.69) is 53.2 Å². The van der Waals surface area contributed by atoms with Crippen molar-refractivity contribution in [2.45, 2.75) is 26.2 Å². The fraction of sp³-hybridized carbons (Fsp3) is 0.571. The van der Waals surface area contributed by atoms with E-state index in [4.69, 9.17) is 0 Å². The Kier molecular flexibility index (Phi) is 2.93. The summed E-state index contributed by atoms with van der Waals surface area (Å²) in [5.74, 6) is 1.03. The predicted molar refractivity (Wildman–Crippen MR) is 76.8 cm³/mol. The van der Waals surface area contributed by atoms with Crippen LogP contribution in [0.15, 0.2) is 18.3 Å². The molecule has 0 aromatic carbocycles. The first-order valence-electron chi connectivity index (χ1n) is 6.87. The van der Waals surface area contributed by atoms with Crippen LogP contribution in [-0.2, 0) is 5.41 Å². The summed E-state index contributed by atoms with van der Waals surface area (Å²) in [6, 6.07) is 4.12. The molecule has 0 bridgehead atoms. The topological polar surface area (TPSA) is 45.5 Å². The van der Waals surface area contributed by atoms with E-state index in [0.717, 1.165) is 43.3 Å². The molecule has 1 saturated heterocycles. The molecule has 0 amide bonds. The first kappa shape index (κ1) is 12.4. The van der Waals surface area contributed by atoms with Crippen LogP contribution in [0, 0.1) is 0 Å². The minimum atomic E-state index is 0.0584. The molecule has 19 heavy (non-hydrogen) atoms. The number of fused-ring (bicyclic) bond motifs is 1. The number of aromatic nitrogens is 3. The normalized spacial score (nSPS) is 17.1. The molecule has 0 aliphatic carbocycles. The fourth-order valence-corrected chi connectivity index (χ4v) is 2.30. The Labute approximate surface area is 113 Å². The second kappa shape index (κ2) is 4.49. The first-order valence-corrected chi connectivity index (χ1v) is 6.87. The molecule has 2 aromatic rings. The standard InChI is InChI=1S/C14H21N5/c1-14(2,3)11-10-19-12(16-11)4-5-13(17-19)18-8-6-15-7-9-18/h4-5,10,15H,6-9H2,1-3H3. The van der Waals surface area contributed by atoms with E-state index in [1.807, 2.05) is 10.7 Å². The van der Waals surface area contributed by atoms with Crippen molar-refractivity contribution in [3.05, 3.63) is 24.0 Å². The van der Waals surface area contributed by atoms with Crippen molar-refractivity contribution >= 4 is 11.5 Å². The first-order chi connectivity index (χ1) is 9.04. The van der Waals surface area contributed by atoms with Crippen LogP contribution in [0.1, 0.15) is 26.5 Å². The molecule has 5 heteroatoms. The van der Waals surface area contributed by atoms with Crippen LogP contribution < -0.4 is 10.2 Å². The number of piperazine rings is 1. The number of rotatable bonds is 1. The quantitative estimate of drug-likeness (QED) is 0.841. The Morgan fingerprint density at radius 2 is 1.89 bits per heavy atom. The summed E-state index contributed by atoms with van der Waals surface area (Å²) < 4.78 is 1.90. The Balaban J connectivity index is 1.96. The van der Waals surface area contributed by atoms with Crippen molar-refractivity contribution in [2.75, 3.05) is 31.1 Å². The number of nitrogens with one attached hydrogen (secondary N) is 1. The van der Waals surface area contributed by atoms with E-state index < -0.39 is 0 Å². The number of hydrogen-bond donors (Lipinski definition) is 1. The lowest BCUT2D eigenvalue weighted by molar-refractivity contribution is 0.571. The smallest absolute Gasteiger partial charge is 0.153 e. The molecule has 2 aromatic heterocycles. The molecular weight excluding hydrogens is 238 g/mol. The Hall–Kier alpha value is -1.62. The third-order valence-electron chi connectivity index (χ3n) is 3.52. The minimum absolute atomic E-state index is 0.0584. The van der Waals surface area contributed by atoms with E-state index in [9.17, 15) is 0 Å². The summed E-state index contributed by atoms with van der Waals surface area (Å²) in [6.45, 7) is 10.6. The summed E-state index contributed by atoms with van der Waals surface area (Å²) >= 11 is 0. The maximum absolute atomic E-state index is 4.69. The molecule has 1 aliphatic rings. The maximum Gasteiger partial charge on any atom is 0.153 e. The van der Waals surface area contributed by atoms with Gasteiger partial charge in [0.1, 0.15) is 5.82 Å². The zero-order valence-electron chi connectivity index (χ0n) is 11.8. The summed E-state index contributed by atoms with van der Waals surface area (Å²) in [7, 11) is 0. The summed E-state index contributed by atoms with van der Waals surface area (Å²) in [6.07, 6.45) is 2.04. The third kappa shape index (κ3) is 2.42. The Morgan fingerprint density at radius 1 is 1.16 bits per heavy atom. The molecule has 0 saturated carbocycles. The predicted octanol–water partition coefficient (Wildman–Crippen LogP) is 1.44. The summed E-state index contributed by atoms with van der Waals surface area (Å²) in [5, 5.41) is 8.04. The second-order valence-electron chi connectivity index (χ2n) is 6.11. The van der Waals surface area contributed by atoms with Crippen molar-refractivity contribution in [3.63, 3.8) is 0 Å². The zero-order valence-corrected chi connectivity index (χ0v) is 11.8. The molecule has 102 valence electrons. The molecule has 1 N–H and O–H groups in total. The fourth-order valence-electron chi connectivity index (χ4n) is 2.30. The van der Waals surface area contributed by atoms with Gasteiger partial charge in [-0.3, -0.25) is 0 Å². The van der Waals surface area contributed by atoms with Gasteiger partial charge in [0.2, 0.25) is 0 Å². The van der Waals surface area contributed by atoms with Crippen molar-refractivity contribution in [3.8, 4) is 0 Å². The summed E-state index contributed by atoms with van der Waals surface area (Å²) in [4.78, 5) is 6.95. The number of hydrogen-bond acceptors (Lipinski definition) is 4. The van der Waals surface area contributed by atoms with Gasteiger partial charge in [-0.15, -0.1) is 5.10 Å². The average molecular weight is 259 g/mol. The van der Waals surface area contributed by atoms with Gasteiger partial charge in [-0.05, 0) is 12.1 Å². The van der Waals surface area contributed by atoms with E-state index in [1.165, 1.54) is 0 Å². The molecule has 3 rings (SSSR count). The van der Waals surface area contributed by atoms with E-state index in [0.29, 0.717) is 0 Å². The van der Waals surface area contributed by atoms with E-state index in [1.54, 1.807) is 0 Å². The number of nitrogens with zero attached hydrogens (tertiary/aromatic N) is 4. The van der Waals surface area contributed by atoms with Gasteiger partial charge in [0.05, 0.1) is 11.9 Å². The van der Waals surface area contributed by atoms with Gasteiger partial charge in [0.15, 0.2) is 5.65 Å². The van der Waals surface area contributed by atoms with Crippen LogP contribution in [0.5, 0.6) is 0 Å². The maximum atomic E-state index is 4.69. The van der Waals surface area contributed by atoms with Crippen LogP contribution in [-0.4, -0.2) is 40.8 Å². The minimum Gasteiger partial charge on any atom is -0.353 e. The Morgan fingerprint density at radius 3 is 2.58 bits per heavy atom. The van der Waals surface area contributed by atoms with Gasteiger partial charge >= 0.3 is 0 Å². The molecule has 1 aliphatic heterocycles. The van der Waals surface area contributed by atoms with Crippen molar-refractivity contribution in [1.82, 2.24) is 19.9 Å². The van der Waals surface area contributed by atoms with Crippen molar-refractivity contribution in [2.24, 2.45) is 0 Å². The van der Waals surface area contributed by atoms with Crippen LogP contribution in [0.2, 0.25) is 0 Å². The molecule has 3 heterocycles. The van der Waals surface area contributed by atoms with Gasteiger partial charge < -0.3 is 10.2 Å². The monoisotopic (exact) mass is 259 g/mol. The molecule has 0 atom stereocenters. The number of anilines is 1. The van der Waals surface area contributed by atoms with Gasteiger partial charge in [-0.1, -0.05) is 20.8 Å². The molecular formula is C14H21N5. The highest BCUT2D eigenvalue weighted by Crippen LogP contribution is 2.22. The zero-order chi connectivity index (χ0) is 13.5. The highest BCUT2D eigenvalue weighted by atomic mass is 15.3. The SMILES string of the molecule is CC(C)(C)c1cn2nc(N3CCNCC3)ccc2n1. The summed E-state index contributed by atoms with van der Waals surface area (Å²) in [5.41, 5.74) is 2.06. The van der Waals surface area contributed by atoms with Crippen LogP contribution in [0.4, 0.5) is 5.82 Å². The molecule has 0 spiro atoms. The van der Waals surface area contributed by atoms with Gasteiger partial charge in [0, 0.05) is 31.6 Å². The van der Waals surface area contributed by atoms with Gasteiger partial charge in [-0.2, -0.15) is 0 Å². The molecule has 5 nitrogen and oxygen atoms in total. The molecule has 0 radical (unpaired) electrons. The van der Waals surface area contributed by atoms with Gasteiger partial charge in [0.25, 0.3) is 0 Å². The van der Waals surface area contributed by atoms with E-state index >= 15 is 0 Å². The lowest BCUT2D eigenvalue weighted by atomic mass is 9.93. The third-order valence-corrected chi connectivity index (χ3v) is 3.52. The second-order valence-corrected chi connectivity index (χ2v) is 6.11. The van der Waals surface area contributed by atoms with E-state index in [-0.39, 0.29) is 5.41 Å². The van der Waals surface area contributed by atoms with Crippen LogP contribution >= 0.6 is 0 Å². The molecule has 0 unspecified atom stereocenters. The lowest BCUT2D eigenvalue weighted by Crippen LogP contribution is -2.44. The van der Waals surface area contributed by atoms with Gasteiger partial charge in [-0.25, -0.2) is 9.50 Å². The van der Waals surface area contributed by atoms with Crippen LogP contribution in [0.3, 0.4) is 0 Å². The number of imidazole rings is 1. The van der Waals surface area contributed by atoms with Crippen molar-refractivity contribution in [1.29, 1.82) is 0 Å². The lowest BCUT2D eigenvalue weighted by Gasteiger charge is -2.28. The highest BCUT2D eigenvalue weighted by molar-refractivity contribution is 5.47. The average Bonchev–Trinajstić information content (AvgIpc) is 2.82. The highest BCUT2D eigenvalue weighted by Gasteiger charge is 2.19.